The highest BCUT2D eigenvalue weighted by molar-refractivity contribution is 7.92. The fourth-order valence-electron chi connectivity index (χ4n) is 3.74. The SMILES string of the molecule is Cc1ccccc1C1CC(c2ccc(NS(C)(=O)=O)cc2)=NN1S(=O)(=O)c1ccc(F)cc1. The second-order valence-electron chi connectivity index (χ2n) is 7.81. The number of hydrogen-bond acceptors (Lipinski definition) is 5. The van der Waals surface area contributed by atoms with E-state index in [4.69, 9.17) is 0 Å². The van der Waals surface area contributed by atoms with Crippen LogP contribution < -0.4 is 4.72 Å². The first-order valence-corrected chi connectivity index (χ1v) is 13.4. The number of nitrogens with one attached hydrogen (secondary N) is 1. The van der Waals surface area contributed by atoms with Gasteiger partial charge in [-0.3, -0.25) is 4.72 Å². The molecule has 1 aliphatic rings. The molecule has 1 aliphatic heterocycles. The van der Waals surface area contributed by atoms with E-state index in [1.165, 1.54) is 12.1 Å². The number of benzene rings is 3. The number of halogens is 1. The van der Waals surface area contributed by atoms with Gasteiger partial charge in [0.25, 0.3) is 10.0 Å². The highest BCUT2D eigenvalue weighted by Gasteiger charge is 2.38. The first kappa shape index (κ1) is 22.9. The van der Waals surface area contributed by atoms with Gasteiger partial charge in [0.15, 0.2) is 0 Å². The van der Waals surface area contributed by atoms with E-state index in [1.807, 2.05) is 31.2 Å². The Bertz CT molecular complexity index is 1420. The van der Waals surface area contributed by atoms with Crippen molar-refractivity contribution in [3.8, 4) is 0 Å². The lowest BCUT2D eigenvalue weighted by Gasteiger charge is -2.24. The Morgan fingerprint density at radius 1 is 0.939 bits per heavy atom. The Hall–Kier alpha value is -3.24. The molecule has 1 unspecified atom stereocenters. The Morgan fingerprint density at radius 2 is 1.58 bits per heavy atom. The number of hydrogen-bond donors (Lipinski definition) is 1. The van der Waals surface area contributed by atoms with Crippen LogP contribution >= 0.6 is 0 Å². The van der Waals surface area contributed by atoms with Crippen molar-refractivity contribution in [3.05, 3.63) is 95.3 Å². The predicted octanol–water partition coefficient (Wildman–Crippen LogP) is 4.05. The molecule has 4 rings (SSSR count). The molecule has 33 heavy (non-hydrogen) atoms. The summed E-state index contributed by atoms with van der Waals surface area (Å²) in [5.41, 5.74) is 3.35. The van der Waals surface area contributed by atoms with E-state index in [9.17, 15) is 21.2 Å². The summed E-state index contributed by atoms with van der Waals surface area (Å²) >= 11 is 0. The van der Waals surface area contributed by atoms with Gasteiger partial charge in [0, 0.05) is 12.1 Å². The second kappa shape index (κ2) is 8.60. The highest BCUT2D eigenvalue weighted by atomic mass is 32.2. The molecule has 0 radical (unpaired) electrons. The first-order chi connectivity index (χ1) is 15.5. The maximum atomic E-state index is 13.4. The lowest BCUT2D eigenvalue weighted by molar-refractivity contribution is 0.370. The van der Waals surface area contributed by atoms with Crippen LogP contribution in [0.1, 0.15) is 29.2 Å². The van der Waals surface area contributed by atoms with Gasteiger partial charge in [-0.05, 0) is 60.0 Å². The first-order valence-electron chi connectivity index (χ1n) is 10.1. The molecule has 0 fully saturated rings. The average molecular weight is 488 g/mol. The van der Waals surface area contributed by atoms with Crippen LogP contribution in [-0.4, -0.2) is 33.2 Å². The van der Waals surface area contributed by atoms with E-state index in [-0.39, 0.29) is 4.90 Å². The topological polar surface area (TPSA) is 95.9 Å². The number of rotatable bonds is 6. The third kappa shape index (κ3) is 4.91. The van der Waals surface area contributed by atoms with E-state index in [1.54, 1.807) is 24.3 Å². The van der Waals surface area contributed by atoms with E-state index in [0.29, 0.717) is 23.4 Å². The lowest BCUT2D eigenvalue weighted by atomic mass is 9.96. The monoisotopic (exact) mass is 487 g/mol. The third-order valence-corrected chi connectivity index (χ3v) is 7.60. The van der Waals surface area contributed by atoms with Crippen molar-refractivity contribution >= 4 is 31.4 Å². The molecule has 0 saturated carbocycles. The number of nitrogens with zero attached hydrogens (tertiary/aromatic N) is 2. The van der Waals surface area contributed by atoms with Crippen LogP contribution in [0.5, 0.6) is 0 Å². The molecule has 0 spiro atoms. The Balaban J connectivity index is 1.75. The van der Waals surface area contributed by atoms with Crippen LogP contribution in [0, 0.1) is 12.7 Å². The van der Waals surface area contributed by atoms with E-state index < -0.39 is 31.9 Å². The fourth-order valence-corrected chi connectivity index (χ4v) is 5.73. The minimum absolute atomic E-state index is 0.0554. The van der Waals surface area contributed by atoms with Crippen LogP contribution in [0.25, 0.3) is 0 Å². The summed E-state index contributed by atoms with van der Waals surface area (Å²) in [4.78, 5) is -0.0554. The number of anilines is 1. The molecule has 1 heterocycles. The molecule has 7 nitrogen and oxygen atoms in total. The van der Waals surface area contributed by atoms with Gasteiger partial charge in [-0.1, -0.05) is 36.4 Å². The molecule has 0 amide bonds. The predicted molar refractivity (Wildman–Crippen MR) is 125 cm³/mol. The maximum absolute atomic E-state index is 13.4. The molecule has 0 bridgehead atoms. The van der Waals surface area contributed by atoms with Crippen LogP contribution in [0.15, 0.2) is 82.8 Å². The number of sulfonamides is 2. The minimum Gasteiger partial charge on any atom is -0.284 e. The van der Waals surface area contributed by atoms with Gasteiger partial charge < -0.3 is 0 Å². The van der Waals surface area contributed by atoms with Gasteiger partial charge in [0.05, 0.1) is 22.9 Å². The van der Waals surface area contributed by atoms with Gasteiger partial charge in [0.1, 0.15) is 5.82 Å². The summed E-state index contributed by atoms with van der Waals surface area (Å²) < 4.78 is 66.7. The van der Waals surface area contributed by atoms with Crippen molar-refractivity contribution < 1.29 is 21.2 Å². The van der Waals surface area contributed by atoms with Gasteiger partial charge in [-0.2, -0.15) is 17.9 Å². The van der Waals surface area contributed by atoms with Crippen LogP contribution in [-0.2, 0) is 20.0 Å². The molecule has 0 saturated heterocycles. The van der Waals surface area contributed by atoms with E-state index in [2.05, 4.69) is 9.82 Å². The molecule has 1 N–H and O–H groups in total. The fraction of sp³-hybridized carbons (Fsp3) is 0.174. The molecule has 1 atom stereocenters. The van der Waals surface area contributed by atoms with Crippen molar-refractivity contribution in [2.24, 2.45) is 5.10 Å². The van der Waals surface area contributed by atoms with Crippen molar-refractivity contribution in [2.75, 3.05) is 11.0 Å². The standard InChI is InChI=1S/C23H22FN3O4S2/c1-16-5-3-4-6-21(16)23-15-22(17-7-11-19(12-8-17)26-32(2,28)29)25-27(23)33(30,31)20-13-9-18(24)10-14-20/h3-14,23,26H,15H2,1-2H3. The smallest absolute Gasteiger partial charge is 0.279 e. The van der Waals surface area contributed by atoms with Crippen LogP contribution in [0.4, 0.5) is 10.1 Å². The van der Waals surface area contributed by atoms with Gasteiger partial charge in [-0.25, -0.2) is 12.8 Å². The van der Waals surface area contributed by atoms with Crippen molar-refractivity contribution in [3.63, 3.8) is 0 Å². The zero-order chi connectivity index (χ0) is 23.8. The molecule has 0 aliphatic carbocycles. The molecule has 3 aromatic carbocycles. The number of aryl methyl sites for hydroxylation is 1. The Morgan fingerprint density at radius 3 is 2.18 bits per heavy atom. The zero-order valence-corrected chi connectivity index (χ0v) is 19.6. The second-order valence-corrected chi connectivity index (χ2v) is 11.4. The summed E-state index contributed by atoms with van der Waals surface area (Å²) in [6.07, 6.45) is 1.39. The Kier molecular flexibility index (Phi) is 5.98. The largest absolute Gasteiger partial charge is 0.284 e. The quantitative estimate of drug-likeness (QED) is 0.568. The highest BCUT2D eigenvalue weighted by Crippen LogP contribution is 2.38. The molecule has 0 aromatic heterocycles. The zero-order valence-electron chi connectivity index (χ0n) is 17.9. The lowest BCUT2D eigenvalue weighted by Crippen LogP contribution is -2.27. The van der Waals surface area contributed by atoms with Gasteiger partial charge >= 0.3 is 0 Å². The molecular weight excluding hydrogens is 465 g/mol. The van der Waals surface area contributed by atoms with Crippen molar-refractivity contribution in [2.45, 2.75) is 24.3 Å². The summed E-state index contributed by atoms with van der Waals surface area (Å²) in [6.45, 7) is 1.90. The third-order valence-electron chi connectivity index (χ3n) is 5.30. The van der Waals surface area contributed by atoms with E-state index in [0.717, 1.165) is 33.9 Å². The van der Waals surface area contributed by atoms with Crippen molar-refractivity contribution in [1.29, 1.82) is 0 Å². The summed E-state index contributed by atoms with van der Waals surface area (Å²) in [5, 5.41) is 4.46. The van der Waals surface area contributed by atoms with Gasteiger partial charge in [0.2, 0.25) is 10.0 Å². The normalized spacial score (nSPS) is 16.5. The summed E-state index contributed by atoms with van der Waals surface area (Å²) in [5.74, 6) is -0.530. The summed E-state index contributed by atoms with van der Waals surface area (Å²) in [7, 11) is -7.47. The molecule has 172 valence electrons. The Labute approximate surface area is 192 Å². The van der Waals surface area contributed by atoms with E-state index >= 15 is 0 Å². The summed E-state index contributed by atoms with van der Waals surface area (Å²) in [6, 6.07) is 18.1. The average Bonchev–Trinajstić information content (AvgIpc) is 3.20. The number of hydrazone groups is 1. The minimum atomic E-state index is -4.06. The van der Waals surface area contributed by atoms with Crippen molar-refractivity contribution in [1.82, 2.24) is 4.41 Å². The van der Waals surface area contributed by atoms with Gasteiger partial charge in [-0.15, -0.1) is 0 Å². The molecule has 3 aromatic rings. The van der Waals surface area contributed by atoms with Crippen LogP contribution in [0.3, 0.4) is 0 Å². The molecule has 10 heteroatoms. The molecular formula is C23H22FN3O4S2. The maximum Gasteiger partial charge on any atom is 0.279 e. The van der Waals surface area contributed by atoms with Crippen LogP contribution in [0.2, 0.25) is 0 Å².